The Kier molecular flexibility index (Phi) is 6.33. The molecule has 40 heavy (non-hydrogen) atoms. The van der Waals surface area contributed by atoms with Gasteiger partial charge in [0, 0.05) is 41.2 Å². The van der Waals surface area contributed by atoms with Crippen molar-refractivity contribution < 1.29 is 18.4 Å². The zero-order valence-corrected chi connectivity index (χ0v) is 21.7. The summed E-state index contributed by atoms with van der Waals surface area (Å²) in [4.78, 5) is 28.4. The Balaban J connectivity index is 1.58. The predicted octanol–water partition coefficient (Wildman–Crippen LogP) is 4.29. The molecule has 11 heteroatoms. The molecule has 2 amide bonds. The summed E-state index contributed by atoms with van der Waals surface area (Å²) < 4.78 is 31.1. The van der Waals surface area contributed by atoms with Crippen molar-refractivity contribution in [1.29, 1.82) is 0 Å². The van der Waals surface area contributed by atoms with Crippen LogP contribution < -0.4 is 10.2 Å². The molecule has 0 bridgehead atoms. The molecule has 2 aromatic heterocycles. The van der Waals surface area contributed by atoms with Gasteiger partial charge in [0.15, 0.2) is 23.3 Å². The number of H-pyrrole nitrogens is 1. The third-order valence-corrected chi connectivity index (χ3v) is 6.85. The summed E-state index contributed by atoms with van der Waals surface area (Å²) in [6, 6.07) is 18.4. The number of anilines is 1. The van der Waals surface area contributed by atoms with Gasteiger partial charge in [-0.3, -0.25) is 19.3 Å². The molecule has 0 radical (unpaired) electrons. The van der Waals surface area contributed by atoms with Gasteiger partial charge < -0.3 is 10.2 Å². The molecule has 3 heterocycles. The minimum Gasteiger partial charge on any atom is -0.352 e. The number of rotatable bonds is 6. The van der Waals surface area contributed by atoms with E-state index in [4.69, 9.17) is 0 Å². The maximum Gasteiger partial charge on any atom is 0.240 e. The molecule has 2 N–H and O–H groups in total. The van der Waals surface area contributed by atoms with Crippen LogP contribution in [0.15, 0.2) is 66.7 Å². The van der Waals surface area contributed by atoms with Crippen molar-refractivity contribution in [3.05, 3.63) is 89.9 Å². The average molecular weight is 542 g/mol. The molecule has 202 valence electrons. The molecule has 0 saturated heterocycles. The summed E-state index contributed by atoms with van der Waals surface area (Å²) >= 11 is 0. The van der Waals surface area contributed by atoms with E-state index in [-0.39, 0.29) is 29.7 Å². The van der Waals surface area contributed by atoms with Gasteiger partial charge in [-0.1, -0.05) is 48.5 Å². The lowest BCUT2D eigenvalue weighted by atomic mass is 9.98. The van der Waals surface area contributed by atoms with Gasteiger partial charge in [-0.2, -0.15) is 5.10 Å². The second-order valence-corrected chi connectivity index (χ2v) is 9.96. The molecule has 9 nitrogen and oxygen atoms in total. The monoisotopic (exact) mass is 541 g/mol. The highest BCUT2D eigenvalue weighted by molar-refractivity contribution is 6.05. The molecule has 3 aromatic carbocycles. The van der Waals surface area contributed by atoms with Gasteiger partial charge in [0.1, 0.15) is 12.5 Å². The topological polar surface area (TPSA) is 109 Å². The SMILES string of the molecule is CC(C)NC(=O)CN1C(=O)C(Cc2[nH]nc3ccccc23)c2nnc(-c3ccccc3)n2-c2cc(F)c(F)cc21. The molecule has 1 aliphatic rings. The number of amides is 2. The number of halogens is 2. The second kappa shape index (κ2) is 9.99. The van der Waals surface area contributed by atoms with Crippen LogP contribution in [0.2, 0.25) is 0 Å². The highest BCUT2D eigenvalue weighted by atomic mass is 19.2. The van der Waals surface area contributed by atoms with Crippen molar-refractivity contribution in [3.8, 4) is 17.1 Å². The van der Waals surface area contributed by atoms with Gasteiger partial charge in [-0.25, -0.2) is 8.78 Å². The molecular weight excluding hydrogens is 516 g/mol. The molecule has 1 unspecified atom stereocenters. The van der Waals surface area contributed by atoms with Crippen molar-refractivity contribution in [2.24, 2.45) is 0 Å². The fourth-order valence-corrected chi connectivity index (χ4v) is 5.10. The first-order chi connectivity index (χ1) is 19.3. The van der Waals surface area contributed by atoms with Gasteiger partial charge in [-0.05, 0) is 19.9 Å². The van der Waals surface area contributed by atoms with Crippen molar-refractivity contribution in [2.75, 3.05) is 11.4 Å². The molecule has 0 spiro atoms. The van der Waals surface area contributed by atoms with Crippen LogP contribution >= 0.6 is 0 Å². The summed E-state index contributed by atoms with van der Waals surface area (Å²) in [7, 11) is 0. The van der Waals surface area contributed by atoms with Crippen molar-refractivity contribution in [1.82, 2.24) is 30.3 Å². The summed E-state index contributed by atoms with van der Waals surface area (Å²) in [6.45, 7) is 3.20. The quantitative estimate of drug-likeness (QED) is 0.334. The zero-order chi connectivity index (χ0) is 28.0. The lowest BCUT2D eigenvalue weighted by molar-refractivity contribution is -0.124. The van der Waals surface area contributed by atoms with Crippen LogP contribution in [0.5, 0.6) is 0 Å². The molecule has 0 saturated carbocycles. The number of carbonyl (C=O) groups excluding carboxylic acids is 2. The molecule has 5 aromatic rings. The Bertz CT molecular complexity index is 1750. The number of para-hydroxylation sites is 1. The van der Waals surface area contributed by atoms with E-state index in [2.05, 4.69) is 25.7 Å². The van der Waals surface area contributed by atoms with E-state index in [9.17, 15) is 18.4 Å². The maximum atomic E-state index is 14.8. The van der Waals surface area contributed by atoms with E-state index in [1.54, 1.807) is 18.4 Å². The van der Waals surface area contributed by atoms with Crippen LogP contribution in [0.1, 0.15) is 31.3 Å². The fourth-order valence-electron chi connectivity index (χ4n) is 5.10. The summed E-state index contributed by atoms with van der Waals surface area (Å²) in [5.41, 5.74) is 2.27. The van der Waals surface area contributed by atoms with Crippen LogP contribution in [0, 0.1) is 11.6 Å². The number of nitrogens with zero attached hydrogens (tertiary/aromatic N) is 5. The third-order valence-electron chi connectivity index (χ3n) is 6.85. The first-order valence-electron chi connectivity index (χ1n) is 12.8. The Morgan fingerprint density at radius 1 is 1.00 bits per heavy atom. The van der Waals surface area contributed by atoms with E-state index in [0.717, 1.165) is 23.0 Å². The van der Waals surface area contributed by atoms with E-state index < -0.39 is 35.9 Å². The number of fused-ring (bicyclic) bond motifs is 4. The van der Waals surface area contributed by atoms with Crippen LogP contribution in [-0.4, -0.2) is 49.4 Å². The molecular formula is C29H25F2N7O2. The smallest absolute Gasteiger partial charge is 0.240 e. The largest absolute Gasteiger partial charge is 0.352 e. The lowest BCUT2D eigenvalue weighted by Gasteiger charge is -2.25. The zero-order valence-electron chi connectivity index (χ0n) is 21.7. The number of carbonyl (C=O) groups is 2. The number of benzene rings is 3. The molecule has 1 aliphatic heterocycles. The Morgan fingerprint density at radius 2 is 1.70 bits per heavy atom. The Labute approximate surface area is 227 Å². The van der Waals surface area contributed by atoms with Crippen molar-refractivity contribution >= 4 is 28.4 Å². The van der Waals surface area contributed by atoms with Crippen LogP contribution in [-0.2, 0) is 16.0 Å². The van der Waals surface area contributed by atoms with Gasteiger partial charge >= 0.3 is 0 Å². The normalized spacial score (nSPS) is 14.8. The van der Waals surface area contributed by atoms with Crippen LogP contribution in [0.25, 0.3) is 28.0 Å². The molecule has 6 rings (SSSR count). The van der Waals surface area contributed by atoms with Gasteiger partial charge in [-0.15, -0.1) is 10.2 Å². The van der Waals surface area contributed by atoms with Crippen molar-refractivity contribution in [2.45, 2.75) is 32.2 Å². The summed E-state index contributed by atoms with van der Waals surface area (Å²) in [5.74, 6) is -3.56. The van der Waals surface area contributed by atoms with Gasteiger partial charge in [0.2, 0.25) is 11.8 Å². The van der Waals surface area contributed by atoms with Crippen LogP contribution in [0.4, 0.5) is 14.5 Å². The molecule has 1 atom stereocenters. The maximum absolute atomic E-state index is 14.8. The van der Waals surface area contributed by atoms with Gasteiger partial charge in [0.25, 0.3) is 0 Å². The predicted molar refractivity (Wildman–Crippen MR) is 145 cm³/mol. The Morgan fingerprint density at radius 3 is 2.45 bits per heavy atom. The van der Waals surface area contributed by atoms with Crippen molar-refractivity contribution in [3.63, 3.8) is 0 Å². The first kappa shape index (κ1) is 25.4. The molecule has 0 fully saturated rings. The summed E-state index contributed by atoms with van der Waals surface area (Å²) in [5, 5.41) is 19.8. The van der Waals surface area contributed by atoms with Crippen LogP contribution in [0.3, 0.4) is 0 Å². The highest BCUT2D eigenvalue weighted by Gasteiger charge is 2.39. The van der Waals surface area contributed by atoms with Gasteiger partial charge in [0.05, 0.1) is 16.9 Å². The Hall–Kier alpha value is -4.93. The highest BCUT2D eigenvalue weighted by Crippen LogP contribution is 2.39. The standard InChI is InChI=1S/C29H25F2N7O2/c1-16(2)32-26(39)15-37-24-13-20(30)21(31)14-25(24)38-27(17-8-4-3-5-9-17)35-36-28(38)19(29(37)40)12-23-18-10-6-7-11-22(18)33-34-23/h3-11,13-14,16,19H,12,15H2,1-2H3,(H,32,39)(H,33,34). The molecule has 0 aliphatic carbocycles. The number of nitrogens with one attached hydrogen (secondary N) is 2. The average Bonchev–Trinajstić information content (AvgIpc) is 3.54. The summed E-state index contributed by atoms with van der Waals surface area (Å²) in [6.07, 6.45) is 0.132. The minimum atomic E-state index is -1.14. The fraction of sp³-hybridized carbons (Fsp3) is 0.207. The number of hydrogen-bond donors (Lipinski definition) is 2. The minimum absolute atomic E-state index is 0.0398. The number of hydrogen-bond acceptors (Lipinski definition) is 5. The third kappa shape index (κ3) is 4.39. The number of aromatic nitrogens is 5. The lowest BCUT2D eigenvalue weighted by Crippen LogP contribution is -2.44. The number of aromatic amines is 1. The van der Waals surface area contributed by atoms with E-state index >= 15 is 0 Å². The van der Waals surface area contributed by atoms with E-state index in [0.29, 0.717) is 17.1 Å². The van der Waals surface area contributed by atoms with E-state index in [1.165, 1.54) is 4.90 Å². The van der Waals surface area contributed by atoms with E-state index in [1.807, 2.05) is 54.6 Å². The first-order valence-corrected chi connectivity index (χ1v) is 12.8. The second-order valence-electron chi connectivity index (χ2n) is 9.96.